The van der Waals surface area contributed by atoms with Crippen LogP contribution in [0.3, 0.4) is 0 Å². The average Bonchev–Trinajstić information content (AvgIpc) is 3.05. The number of halogens is 1. The van der Waals surface area contributed by atoms with E-state index in [4.69, 9.17) is 11.6 Å². The smallest absolute Gasteiger partial charge is 0.244 e. The summed E-state index contributed by atoms with van der Waals surface area (Å²) < 4.78 is 26.7. The minimum absolute atomic E-state index is 0.205. The van der Waals surface area contributed by atoms with Crippen molar-refractivity contribution in [2.24, 2.45) is 0 Å². The number of H-pyrrole nitrogens is 1. The molecule has 0 aliphatic heterocycles. The van der Waals surface area contributed by atoms with Crippen LogP contribution in [0.15, 0.2) is 17.2 Å². The fourth-order valence-corrected chi connectivity index (χ4v) is 3.85. The van der Waals surface area contributed by atoms with Crippen molar-refractivity contribution in [3.63, 3.8) is 0 Å². The summed E-state index contributed by atoms with van der Waals surface area (Å²) in [7, 11) is -3.36. The van der Waals surface area contributed by atoms with Gasteiger partial charge in [0.25, 0.3) is 0 Å². The van der Waals surface area contributed by atoms with Gasteiger partial charge in [0.05, 0.1) is 10.8 Å². The molecule has 1 aromatic rings. The third-order valence-electron chi connectivity index (χ3n) is 3.15. The standard InChI is InChI=1S/C12H19ClN2O2S/c1-2-3-6-15(11-4-5-11)18(16,17)12-7-10(8-13)14-9-12/h7,9,11,14H,2-6,8H2,1H3. The molecule has 18 heavy (non-hydrogen) atoms. The summed E-state index contributed by atoms with van der Waals surface area (Å²) in [5.41, 5.74) is 0.737. The Morgan fingerprint density at radius 2 is 2.22 bits per heavy atom. The molecule has 0 saturated heterocycles. The van der Waals surface area contributed by atoms with Gasteiger partial charge in [0.15, 0.2) is 0 Å². The topological polar surface area (TPSA) is 53.2 Å². The lowest BCUT2D eigenvalue weighted by molar-refractivity contribution is 0.396. The molecule has 1 saturated carbocycles. The van der Waals surface area contributed by atoms with Gasteiger partial charge in [0, 0.05) is 24.5 Å². The molecule has 0 atom stereocenters. The van der Waals surface area contributed by atoms with E-state index in [2.05, 4.69) is 11.9 Å². The van der Waals surface area contributed by atoms with Gasteiger partial charge in [-0.3, -0.25) is 0 Å². The predicted octanol–water partition coefficient (Wildman–Crippen LogP) is 2.71. The molecule has 0 spiro atoms. The highest BCUT2D eigenvalue weighted by Gasteiger charge is 2.37. The summed E-state index contributed by atoms with van der Waals surface area (Å²) in [6.07, 6.45) is 5.40. The average molecular weight is 291 g/mol. The number of alkyl halides is 1. The van der Waals surface area contributed by atoms with Gasteiger partial charge < -0.3 is 4.98 Å². The molecule has 0 bridgehead atoms. The molecule has 0 aromatic carbocycles. The van der Waals surface area contributed by atoms with Gasteiger partial charge in [-0.1, -0.05) is 13.3 Å². The van der Waals surface area contributed by atoms with Gasteiger partial charge in [0.2, 0.25) is 10.0 Å². The van der Waals surface area contributed by atoms with E-state index in [1.54, 1.807) is 10.4 Å². The highest BCUT2D eigenvalue weighted by Crippen LogP contribution is 2.32. The largest absolute Gasteiger partial charge is 0.363 e. The van der Waals surface area contributed by atoms with Crippen molar-refractivity contribution in [1.29, 1.82) is 0 Å². The molecule has 0 radical (unpaired) electrons. The van der Waals surface area contributed by atoms with Gasteiger partial charge in [-0.15, -0.1) is 11.6 Å². The van der Waals surface area contributed by atoms with Crippen LogP contribution in [0, 0.1) is 0 Å². The quantitative estimate of drug-likeness (QED) is 0.785. The summed E-state index contributed by atoms with van der Waals surface area (Å²) >= 11 is 5.69. The van der Waals surface area contributed by atoms with Crippen LogP contribution < -0.4 is 0 Å². The second-order valence-electron chi connectivity index (χ2n) is 4.69. The zero-order valence-electron chi connectivity index (χ0n) is 10.5. The van der Waals surface area contributed by atoms with Gasteiger partial charge in [0.1, 0.15) is 0 Å². The molecule has 0 amide bonds. The maximum atomic E-state index is 12.5. The van der Waals surface area contributed by atoms with Crippen LogP contribution >= 0.6 is 11.6 Å². The Morgan fingerprint density at radius 1 is 1.50 bits per heavy atom. The summed E-state index contributed by atoms with van der Waals surface area (Å²) in [5, 5.41) is 0. The molecular formula is C12H19ClN2O2S. The lowest BCUT2D eigenvalue weighted by atomic mass is 10.3. The summed E-state index contributed by atoms with van der Waals surface area (Å²) in [4.78, 5) is 3.23. The predicted molar refractivity (Wildman–Crippen MR) is 72.2 cm³/mol. The number of hydrogen-bond acceptors (Lipinski definition) is 2. The molecule has 1 fully saturated rings. The van der Waals surface area contributed by atoms with Crippen molar-refractivity contribution in [1.82, 2.24) is 9.29 Å². The number of sulfonamides is 1. The van der Waals surface area contributed by atoms with Gasteiger partial charge in [-0.05, 0) is 25.3 Å². The molecule has 1 aliphatic carbocycles. The first-order valence-corrected chi connectivity index (χ1v) is 8.32. The Morgan fingerprint density at radius 3 is 2.72 bits per heavy atom. The monoisotopic (exact) mass is 290 g/mol. The van der Waals surface area contributed by atoms with Gasteiger partial charge in [-0.2, -0.15) is 4.31 Å². The maximum absolute atomic E-state index is 12.5. The Balaban J connectivity index is 2.21. The minimum Gasteiger partial charge on any atom is -0.363 e. The van der Waals surface area contributed by atoms with Crippen molar-refractivity contribution in [2.75, 3.05) is 6.54 Å². The number of aromatic nitrogens is 1. The molecular weight excluding hydrogens is 272 g/mol. The second-order valence-corrected chi connectivity index (χ2v) is 6.85. The molecule has 1 aromatic heterocycles. The Bertz CT molecular complexity index is 494. The Labute approximate surface area is 113 Å². The second kappa shape index (κ2) is 5.63. The third kappa shape index (κ3) is 2.90. The van der Waals surface area contributed by atoms with Crippen LogP contribution in [0.4, 0.5) is 0 Å². The van der Waals surface area contributed by atoms with Crippen LogP contribution in [-0.2, 0) is 15.9 Å². The molecule has 6 heteroatoms. The normalized spacial score (nSPS) is 16.4. The molecule has 1 heterocycles. The van der Waals surface area contributed by atoms with Gasteiger partial charge >= 0.3 is 0 Å². The van der Waals surface area contributed by atoms with E-state index >= 15 is 0 Å². The minimum atomic E-state index is -3.36. The van der Waals surface area contributed by atoms with Gasteiger partial charge in [-0.25, -0.2) is 8.42 Å². The number of hydrogen-bond donors (Lipinski definition) is 1. The Hall–Kier alpha value is -0.520. The van der Waals surface area contributed by atoms with E-state index in [0.29, 0.717) is 17.3 Å². The van der Waals surface area contributed by atoms with Crippen molar-refractivity contribution < 1.29 is 8.42 Å². The highest BCUT2D eigenvalue weighted by atomic mass is 35.5. The van der Waals surface area contributed by atoms with E-state index in [1.807, 2.05) is 0 Å². The van der Waals surface area contributed by atoms with E-state index in [-0.39, 0.29) is 6.04 Å². The van der Waals surface area contributed by atoms with Crippen LogP contribution in [-0.4, -0.2) is 30.3 Å². The zero-order valence-corrected chi connectivity index (χ0v) is 12.1. The van der Waals surface area contributed by atoms with Crippen LogP contribution in [0.25, 0.3) is 0 Å². The number of rotatable bonds is 7. The molecule has 4 nitrogen and oxygen atoms in total. The number of aromatic amines is 1. The summed E-state index contributed by atoms with van der Waals surface area (Å²) in [5.74, 6) is 0.300. The summed E-state index contributed by atoms with van der Waals surface area (Å²) in [6, 6.07) is 1.83. The lowest BCUT2D eigenvalue weighted by Crippen LogP contribution is -2.33. The van der Waals surface area contributed by atoms with Crippen molar-refractivity contribution in [2.45, 2.75) is 49.4 Å². The van der Waals surface area contributed by atoms with Crippen LogP contribution in [0.5, 0.6) is 0 Å². The number of nitrogens with zero attached hydrogens (tertiary/aromatic N) is 1. The highest BCUT2D eigenvalue weighted by molar-refractivity contribution is 7.89. The summed E-state index contributed by atoms with van der Waals surface area (Å²) in [6.45, 7) is 2.69. The first kappa shape index (κ1) is 13.9. The fourth-order valence-electron chi connectivity index (χ4n) is 1.96. The first-order chi connectivity index (χ1) is 8.59. The van der Waals surface area contributed by atoms with Crippen LogP contribution in [0.1, 0.15) is 38.3 Å². The lowest BCUT2D eigenvalue weighted by Gasteiger charge is -2.20. The van der Waals surface area contributed by atoms with Crippen molar-refractivity contribution >= 4 is 21.6 Å². The first-order valence-electron chi connectivity index (χ1n) is 6.34. The molecule has 0 unspecified atom stereocenters. The van der Waals surface area contributed by atoms with Crippen molar-refractivity contribution in [3.8, 4) is 0 Å². The third-order valence-corrected chi connectivity index (χ3v) is 5.37. The van der Waals surface area contributed by atoms with E-state index < -0.39 is 10.0 Å². The SMILES string of the molecule is CCCCN(C1CC1)S(=O)(=O)c1c[nH]c(CCl)c1. The molecule has 1 aliphatic rings. The molecule has 2 rings (SSSR count). The van der Waals surface area contributed by atoms with Crippen molar-refractivity contribution in [3.05, 3.63) is 18.0 Å². The molecule has 1 N–H and O–H groups in total. The van der Waals surface area contributed by atoms with E-state index in [1.165, 1.54) is 6.20 Å². The van der Waals surface area contributed by atoms with E-state index in [9.17, 15) is 8.42 Å². The number of nitrogens with one attached hydrogen (secondary N) is 1. The Kier molecular flexibility index (Phi) is 4.35. The fraction of sp³-hybridized carbons (Fsp3) is 0.667. The van der Waals surface area contributed by atoms with Crippen LogP contribution in [0.2, 0.25) is 0 Å². The zero-order chi connectivity index (χ0) is 13.2. The molecule has 102 valence electrons. The van der Waals surface area contributed by atoms with E-state index in [0.717, 1.165) is 31.4 Å². The number of unbranched alkanes of at least 4 members (excludes halogenated alkanes) is 1. The maximum Gasteiger partial charge on any atom is 0.244 e.